The van der Waals surface area contributed by atoms with Crippen LogP contribution in [-0.4, -0.2) is 17.4 Å². The topological polar surface area (TPSA) is 80.0 Å². The van der Waals surface area contributed by atoms with Crippen molar-refractivity contribution in [3.63, 3.8) is 0 Å². The van der Waals surface area contributed by atoms with Crippen molar-refractivity contribution in [3.05, 3.63) is 24.0 Å². The number of hydrogen-bond acceptors (Lipinski definition) is 4. The summed E-state index contributed by atoms with van der Waals surface area (Å²) in [7, 11) is 0. The maximum Gasteiger partial charge on any atom is 0.269 e. The van der Waals surface area contributed by atoms with E-state index in [-0.39, 0.29) is 11.3 Å². The molecule has 0 bridgehead atoms. The lowest BCUT2D eigenvalue weighted by Crippen LogP contribution is -2.40. The Morgan fingerprint density at radius 1 is 1.53 bits per heavy atom. The van der Waals surface area contributed by atoms with Crippen LogP contribution in [0.25, 0.3) is 0 Å². The number of anilines is 1. The average Bonchev–Trinajstić information content (AvgIpc) is 2.33. The minimum Gasteiger partial charge on any atom is -0.350 e. The predicted molar refractivity (Wildman–Crippen MR) is 66.3 cm³/mol. The number of amides is 1. The molecule has 5 heteroatoms. The van der Waals surface area contributed by atoms with Crippen LogP contribution in [0.15, 0.2) is 18.3 Å². The van der Waals surface area contributed by atoms with Crippen molar-refractivity contribution in [1.82, 2.24) is 10.3 Å². The second kappa shape index (κ2) is 4.71. The fraction of sp³-hybridized carbons (Fsp3) is 0.500. The molecule has 1 fully saturated rings. The molecule has 1 amide bonds. The quantitative estimate of drug-likeness (QED) is 0.541. The molecule has 92 valence electrons. The molecule has 1 aromatic rings. The van der Waals surface area contributed by atoms with Crippen molar-refractivity contribution in [2.75, 3.05) is 12.0 Å². The second-order valence-corrected chi connectivity index (χ2v) is 4.92. The van der Waals surface area contributed by atoms with E-state index in [0.29, 0.717) is 11.4 Å². The van der Waals surface area contributed by atoms with E-state index in [2.05, 4.69) is 22.7 Å². The Kier molecular flexibility index (Phi) is 3.28. The largest absolute Gasteiger partial charge is 0.350 e. The molecule has 17 heavy (non-hydrogen) atoms. The minimum atomic E-state index is -0.123. The van der Waals surface area contributed by atoms with Crippen LogP contribution < -0.4 is 16.6 Å². The van der Waals surface area contributed by atoms with Crippen molar-refractivity contribution in [2.24, 2.45) is 11.3 Å². The average molecular weight is 234 g/mol. The summed E-state index contributed by atoms with van der Waals surface area (Å²) >= 11 is 0. The summed E-state index contributed by atoms with van der Waals surface area (Å²) in [5, 5.41) is 2.93. The van der Waals surface area contributed by atoms with Crippen LogP contribution in [0.4, 0.5) is 5.69 Å². The minimum absolute atomic E-state index is 0.123. The molecule has 2 rings (SSSR count). The van der Waals surface area contributed by atoms with E-state index >= 15 is 0 Å². The van der Waals surface area contributed by atoms with Crippen molar-refractivity contribution in [2.45, 2.75) is 26.2 Å². The summed E-state index contributed by atoms with van der Waals surface area (Å²) < 4.78 is 0. The van der Waals surface area contributed by atoms with Gasteiger partial charge in [-0.2, -0.15) is 0 Å². The first kappa shape index (κ1) is 11.9. The number of nitrogens with zero attached hydrogens (tertiary/aromatic N) is 1. The van der Waals surface area contributed by atoms with Crippen LogP contribution in [0.1, 0.15) is 36.7 Å². The Balaban J connectivity index is 1.90. The molecule has 5 nitrogen and oxygen atoms in total. The molecule has 1 aliphatic rings. The van der Waals surface area contributed by atoms with E-state index in [1.807, 2.05) is 0 Å². The number of carbonyl (C=O) groups is 1. The molecule has 0 saturated heterocycles. The van der Waals surface area contributed by atoms with Crippen molar-refractivity contribution >= 4 is 11.6 Å². The summed E-state index contributed by atoms with van der Waals surface area (Å²) in [4.78, 5) is 15.8. The van der Waals surface area contributed by atoms with E-state index in [0.717, 1.165) is 6.54 Å². The van der Waals surface area contributed by atoms with Crippen LogP contribution in [0.2, 0.25) is 0 Å². The summed E-state index contributed by atoms with van der Waals surface area (Å²) in [6.45, 7) is 2.93. The molecule has 1 aliphatic carbocycles. The zero-order valence-corrected chi connectivity index (χ0v) is 9.99. The van der Waals surface area contributed by atoms with Gasteiger partial charge in [0, 0.05) is 6.54 Å². The van der Waals surface area contributed by atoms with Gasteiger partial charge in [0.25, 0.3) is 5.91 Å². The first-order valence-corrected chi connectivity index (χ1v) is 5.84. The number of nitrogens with one attached hydrogen (secondary N) is 2. The van der Waals surface area contributed by atoms with E-state index in [4.69, 9.17) is 5.84 Å². The number of nitrogens with two attached hydrogens (primary N) is 1. The molecule has 0 atom stereocenters. The van der Waals surface area contributed by atoms with Gasteiger partial charge in [-0.15, -0.1) is 0 Å². The van der Waals surface area contributed by atoms with Gasteiger partial charge in [0.05, 0.1) is 11.9 Å². The molecule has 0 aliphatic heterocycles. The smallest absolute Gasteiger partial charge is 0.269 e. The first-order valence-electron chi connectivity index (χ1n) is 5.84. The van der Waals surface area contributed by atoms with Crippen LogP contribution in [0.3, 0.4) is 0 Å². The first-order chi connectivity index (χ1) is 8.13. The third-order valence-corrected chi connectivity index (χ3v) is 3.40. The molecular formula is C12H18N4O. The van der Waals surface area contributed by atoms with Gasteiger partial charge in [0.15, 0.2) is 0 Å². The van der Waals surface area contributed by atoms with Crippen molar-refractivity contribution < 1.29 is 4.79 Å². The standard InChI is InChI=1S/C12H18N4O/c1-12(5-2-6-12)8-15-11(17)10-4-3-9(16-13)7-14-10/h3-4,7,16H,2,5-6,8,13H2,1H3,(H,15,17). The zero-order chi connectivity index (χ0) is 12.3. The Labute approximate surface area is 101 Å². The summed E-state index contributed by atoms with van der Waals surface area (Å²) in [6.07, 6.45) is 5.19. The van der Waals surface area contributed by atoms with Crippen LogP contribution in [0.5, 0.6) is 0 Å². The normalized spacial score (nSPS) is 17.1. The van der Waals surface area contributed by atoms with Crippen LogP contribution in [0, 0.1) is 5.41 Å². The fourth-order valence-corrected chi connectivity index (χ4v) is 1.95. The molecule has 4 N–H and O–H groups in total. The van der Waals surface area contributed by atoms with Gasteiger partial charge in [-0.05, 0) is 30.4 Å². The zero-order valence-electron chi connectivity index (χ0n) is 9.99. The highest BCUT2D eigenvalue weighted by Crippen LogP contribution is 2.39. The molecule has 0 radical (unpaired) electrons. The number of aromatic nitrogens is 1. The van der Waals surface area contributed by atoms with Crippen LogP contribution in [-0.2, 0) is 0 Å². The Hall–Kier alpha value is -1.62. The van der Waals surface area contributed by atoms with Gasteiger partial charge >= 0.3 is 0 Å². The molecular weight excluding hydrogens is 216 g/mol. The highest BCUT2D eigenvalue weighted by Gasteiger charge is 2.31. The van der Waals surface area contributed by atoms with E-state index in [9.17, 15) is 4.79 Å². The molecule has 1 heterocycles. The van der Waals surface area contributed by atoms with Crippen molar-refractivity contribution in [3.8, 4) is 0 Å². The number of rotatable bonds is 4. The van der Waals surface area contributed by atoms with E-state index in [1.165, 1.54) is 19.3 Å². The van der Waals surface area contributed by atoms with Gasteiger partial charge < -0.3 is 10.7 Å². The van der Waals surface area contributed by atoms with E-state index < -0.39 is 0 Å². The number of nitrogen functional groups attached to an aromatic ring is 1. The second-order valence-electron chi connectivity index (χ2n) is 4.92. The molecule has 0 unspecified atom stereocenters. The maximum absolute atomic E-state index is 11.8. The number of hydrazine groups is 1. The third-order valence-electron chi connectivity index (χ3n) is 3.40. The lowest BCUT2D eigenvalue weighted by Gasteiger charge is -2.38. The number of hydrogen-bond donors (Lipinski definition) is 3. The summed E-state index contributed by atoms with van der Waals surface area (Å²) in [5.41, 5.74) is 3.87. The molecule has 0 spiro atoms. The molecule has 0 aromatic carbocycles. The van der Waals surface area contributed by atoms with Crippen LogP contribution >= 0.6 is 0 Å². The Morgan fingerprint density at radius 3 is 2.76 bits per heavy atom. The lowest BCUT2D eigenvalue weighted by molar-refractivity contribution is 0.0886. The van der Waals surface area contributed by atoms with Gasteiger partial charge in [-0.25, -0.2) is 4.98 Å². The molecule has 1 aromatic heterocycles. The van der Waals surface area contributed by atoms with Crippen molar-refractivity contribution in [1.29, 1.82) is 0 Å². The summed E-state index contributed by atoms with van der Waals surface area (Å²) in [6, 6.07) is 3.39. The monoisotopic (exact) mass is 234 g/mol. The third kappa shape index (κ3) is 2.74. The van der Waals surface area contributed by atoms with Gasteiger partial charge in [0.2, 0.25) is 0 Å². The lowest BCUT2D eigenvalue weighted by atomic mass is 9.70. The number of carbonyl (C=O) groups excluding carboxylic acids is 1. The highest BCUT2D eigenvalue weighted by molar-refractivity contribution is 5.92. The maximum atomic E-state index is 11.8. The SMILES string of the molecule is CC1(CNC(=O)c2ccc(NN)cn2)CCC1. The van der Waals surface area contributed by atoms with E-state index in [1.54, 1.807) is 18.3 Å². The predicted octanol–water partition coefficient (Wildman–Crippen LogP) is 1.29. The highest BCUT2D eigenvalue weighted by atomic mass is 16.1. The number of pyridine rings is 1. The van der Waals surface area contributed by atoms with Gasteiger partial charge in [-0.1, -0.05) is 13.3 Å². The Morgan fingerprint density at radius 2 is 2.29 bits per heavy atom. The fourth-order valence-electron chi connectivity index (χ4n) is 1.95. The molecule has 1 saturated carbocycles. The Bertz CT molecular complexity index is 397. The summed E-state index contributed by atoms with van der Waals surface area (Å²) in [5.74, 6) is 5.10. The van der Waals surface area contributed by atoms with Gasteiger partial charge in [0.1, 0.15) is 5.69 Å². The van der Waals surface area contributed by atoms with Gasteiger partial charge in [-0.3, -0.25) is 10.6 Å².